The van der Waals surface area contributed by atoms with Gasteiger partial charge in [-0.3, -0.25) is 4.68 Å². The molecule has 0 saturated heterocycles. The number of methoxy groups -OCH3 is 1. The van der Waals surface area contributed by atoms with Gasteiger partial charge in [0.1, 0.15) is 23.8 Å². The summed E-state index contributed by atoms with van der Waals surface area (Å²) in [7, 11) is 3.48. The monoisotopic (exact) mass is 276 g/mol. The van der Waals surface area contributed by atoms with Crippen LogP contribution in [0.4, 0.5) is 0 Å². The van der Waals surface area contributed by atoms with E-state index < -0.39 is 0 Å². The summed E-state index contributed by atoms with van der Waals surface area (Å²) < 4.78 is 12.7. The summed E-state index contributed by atoms with van der Waals surface area (Å²) in [6, 6.07) is 5.83. The van der Waals surface area contributed by atoms with E-state index in [4.69, 9.17) is 9.47 Å². The second-order valence-electron chi connectivity index (χ2n) is 4.43. The zero-order valence-electron chi connectivity index (χ0n) is 12.1. The second-order valence-corrected chi connectivity index (χ2v) is 4.43. The van der Waals surface area contributed by atoms with Crippen molar-refractivity contribution in [2.75, 3.05) is 13.7 Å². The molecule has 20 heavy (non-hydrogen) atoms. The van der Waals surface area contributed by atoms with Gasteiger partial charge in [-0.25, -0.2) is 0 Å². The van der Waals surface area contributed by atoms with Crippen LogP contribution in [0, 0.1) is 0 Å². The van der Waals surface area contributed by atoms with Crippen molar-refractivity contribution < 1.29 is 9.47 Å². The molecule has 6 heteroatoms. The maximum absolute atomic E-state index is 5.84. The van der Waals surface area contributed by atoms with Crippen LogP contribution in [-0.4, -0.2) is 28.6 Å². The molecule has 0 radical (unpaired) electrons. The zero-order valence-corrected chi connectivity index (χ0v) is 12.1. The zero-order chi connectivity index (χ0) is 14.4. The van der Waals surface area contributed by atoms with Crippen LogP contribution < -0.4 is 14.8 Å². The molecule has 0 amide bonds. The smallest absolute Gasteiger partial charge is 0.134 e. The third kappa shape index (κ3) is 3.71. The van der Waals surface area contributed by atoms with E-state index in [0.29, 0.717) is 6.61 Å². The van der Waals surface area contributed by atoms with E-state index in [1.807, 2.05) is 31.4 Å². The van der Waals surface area contributed by atoms with Gasteiger partial charge in [0, 0.05) is 25.2 Å². The van der Waals surface area contributed by atoms with Gasteiger partial charge in [0.25, 0.3) is 0 Å². The predicted molar refractivity (Wildman–Crippen MR) is 75.7 cm³/mol. The maximum atomic E-state index is 5.84. The number of nitrogens with one attached hydrogen (secondary N) is 1. The first-order valence-electron chi connectivity index (χ1n) is 6.58. The molecule has 0 bridgehead atoms. The molecule has 2 rings (SSSR count). The van der Waals surface area contributed by atoms with Gasteiger partial charge in [-0.15, -0.1) is 5.10 Å². The van der Waals surface area contributed by atoms with Crippen LogP contribution >= 0.6 is 0 Å². The number of nitrogens with zero attached hydrogens (tertiary/aromatic N) is 3. The molecule has 0 aliphatic rings. The highest BCUT2D eigenvalue weighted by molar-refractivity contribution is 5.40. The molecule has 2 aromatic rings. The number of aryl methyl sites for hydroxylation is 1. The minimum Gasteiger partial charge on any atom is -0.497 e. The third-order valence-corrected chi connectivity index (χ3v) is 2.87. The largest absolute Gasteiger partial charge is 0.497 e. The summed E-state index contributed by atoms with van der Waals surface area (Å²) in [5.74, 6) is 1.58. The van der Waals surface area contributed by atoms with Gasteiger partial charge >= 0.3 is 0 Å². The highest BCUT2D eigenvalue weighted by Gasteiger charge is 2.07. The molecule has 0 aliphatic carbocycles. The Morgan fingerprint density at radius 3 is 2.85 bits per heavy atom. The van der Waals surface area contributed by atoms with Crippen molar-refractivity contribution in [2.24, 2.45) is 7.05 Å². The highest BCUT2D eigenvalue weighted by Crippen LogP contribution is 2.25. The molecular formula is C14H20N4O2. The molecule has 6 nitrogen and oxygen atoms in total. The Kier molecular flexibility index (Phi) is 4.95. The van der Waals surface area contributed by atoms with Crippen molar-refractivity contribution in [3.63, 3.8) is 0 Å². The van der Waals surface area contributed by atoms with E-state index in [-0.39, 0.29) is 0 Å². The van der Waals surface area contributed by atoms with Crippen molar-refractivity contribution in [3.8, 4) is 11.5 Å². The first-order valence-corrected chi connectivity index (χ1v) is 6.58. The van der Waals surface area contributed by atoms with Crippen molar-refractivity contribution in [3.05, 3.63) is 35.7 Å². The van der Waals surface area contributed by atoms with E-state index in [0.717, 1.165) is 35.8 Å². The van der Waals surface area contributed by atoms with Gasteiger partial charge < -0.3 is 14.8 Å². The van der Waals surface area contributed by atoms with Crippen LogP contribution in [0.1, 0.15) is 18.2 Å². The van der Waals surface area contributed by atoms with Crippen molar-refractivity contribution >= 4 is 0 Å². The Hall–Kier alpha value is -2.08. The van der Waals surface area contributed by atoms with Gasteiger partial charge in [-0.1, -0.05) is 18.2 Å². The predicted octanol–water partition coefficient (Wildman–Crippen LogP) is 1.51. The summed E-state index contributed by atoms with van der Waals surface area (Å²) in [5.41, 5.74) is 1.89. The summed E-state index contributed by atoms with van der Waals surface area (Å²) >= 11 is 0. The lowest BCUT2D eigenvalue weighted by atomic mass is 10.2. The fourth-order valence-electron chi connectivity index (χ4n) is 1.82. The van der Waals surface area contributed by atoms with Crippen LogP contribution in [0.25, 0.3) is 0 Å². The van der Waals surface area contributed by atoms with Crippen molar-refractivity contribution in [1.29, 1.82) is 0 Å². The van der Waals surface area contributed by atoms with Crippen LogP contribution in [-0.2, 0) is 20.2 Å². The fraction of sp³-hybridized carbons (Fsp3) is 0.429. The van der Waals surface area contributed by atoms with Gasteiger partial charge in [-0.05, 0) is 12.6 Å². The summed E-state index contributed by atoms with van der Waals surface area (Å²) in [6.07, 6.45) is 1.84. The van der Waals surface area contributed by atoms with E-state index >= 15 is 0 Å². The molecule has 0 fully saturated rings. The minimum absolute atomic E-state index is 0.389. The van der Waals surface area contributed by atoms with Crippen LogP contribution in [0.5, 0.6) is 11.5 Å². The molecule has 1 N–H and O–H groups in total. The Morgan fingerprint density at radius 1 is 1.35 bits per heavy atom. The summed E-state index contributed by atoms with van der Waals surface area (Å²) in [5, 5.41) is 11.2. The van der Waals surface area contributed by atoms with Crippen LogP contribution in [0.2, 0.25) is 0 Å². The topological polar surface area (TPSA) is 61.2 Å². The fourth-order valence-corrected chi connectivity index (χ4v) is 1.82. The third-order valence-electron chi connectivity index (χ3n) is 2.87. The van der Waals surface area contributed by atoms with Gasteiger partial charge in [0.2, 0.25) is 0 Å². The van der Waals surface area contributed by atoms with Gasteiger partial charge in [-0.2, -0.15) is 0 Å². The lowest BCUT2D eigenvalue weighted by molar-refractivity contribution is 0.295. The van der Waals surface area contributed by atoms with Crippen molar-refractivity contribution in [2.45, 2.75) is 20.1 Å². The SMILES string of the molecule is CCNCc1ccc(OC)cc1OCc1cn(C)nn1. The van der Waals surface area contributed by atoms with E-state index in [2.05, 4.69) is 22.6 Å². The molecule has 108 valence electrons. The average molecular weight is 276 g/mol. The first-order chi connectivity index (χ1) is 9.72. The Morgan fingerprint density at radius 2 is 2.20 bits per heavy atom. The molecule has 0 aliphatic heterocycles. The van der Waals surface area contributed by atoms with Crippen LogP contribution in [0.15, 0.2) is 24.4 Å². The quantitative estimate of drug-likeness (QED) is 0.830. The number of aromatic nitrogens is 3. The average Bonchev–Trinajstić information content (AvgIpc) is 2.89. The lowest BCUT2D eigenvalue weighted by Crippen LogP contribution is -2.13. The lowest BCUT2D eigenvalue weighted by Gasteiger charge is -2.12. The molecule has 1 aromatic heterocycles. The highest BCUT2D eigenvalue weighted by atomic mass is 16.5. The molecule has 0 atom stereocenters. The van der Waals surface area contributed by atoms with Crippen molar-refractivity contribution in [1.82, 2.24) is 20.3 Å². The normalized spacial score (nSPS) is 10.6. The van der Waals surface area contributed by atoms with Gasteiger partial charge in [0.15, 0.2) is 0 Å². The Balaban J connectivity index is 2.10. The standard InChI is InChI=1S/C14H20N4O2/c1-4-15-8-11-5-6-13(19-3)7-14(11)20-10-12-9-18(2)17-16-12/h5-7,9,15H,4,8,10H2,1-3H3. The van der Waals surface area contributed by atoms with Crippen LogP contribution in [0.3, 0.4) is 0 Å². The van der Waals surface area contributed by atoms with E-state index in [1.165, 1.54) is 0 Å². The number of hydrogen-bond donors (Lipinski definition) is 1. The Labute approximate surface area is 118 Å². The molecule has 1 aromatic carbocycles. The van der Waals surface area contributed by atoms with Gasteiger partial charge in [0.05, 0.1) is 13.3 Å². The Bertz CT molecular complexity index is 554. The molecular weight excluding hydrogens is 256 g/mol. The number of rotatable bonds is 7. The molecule has 1 heterocycles. The number of benzene rings is 1. The molecule has 0 unspecified atom stereocenters. The maximum Gasteiger partial charge on any atom is 0.134 e. The second kappa shape index (κ2) is 6.91. The van der Waals surface area contributed by atoms with E-state index in [9.17, 15) is 0 Å². The summed E-state index contributed by atoms with van der Waals surface area (Å²) in [4.78, 5) is 0. The summed E-state index contributed by atoms with van der Waals surface area (Å²) in [6.45, 7) is 4.13. The first kappa shape index (κ1) is 14.3. The minimum atomic E-state index is 0.389. The molecule has 0 spiro atoms. The number of hydrogen-bond acceptors (Lipinski definition) is 5. The molecule has 0 saturated carbocycles. The van der Waals surface area contributed by atoms with E-state index in [1.54, 1.807) is 11.8 Å². The number of ether oxygens (including phenoxy) is 2.